The second-order valence-electron chi connectivity index (χ2n) is 3.10. The maximum absolute atomic E-state index is 5.68. The van der Waals surface area contributed by atoms with Gasteiger partial charge in [-0.05, 0) is 46.3 Å². The van der Waals surface area contributed by atoms with E-state index in [1.165, 1.54) is 0 Å². The van der Waals surface area contributed by atoms with E-state index in [0.29, 0.717) is 5.69 Å². The van der Waals surface area contributed by atoms with Gasteiger partial charge in [-0.15, -0.1) is 0 Å². The SMILES string of the molecule is Nc1ccc(Oc2ccccc2)cc1Br. The molecular weight excluding hydrogens is 254 g/mol. The smallest absolute Gasteiger partial charge is 0.128 e. The summed E-state index contributed by atoms with van der Waals surface area (Å²) in [7, 11) is 0. The molecule has 2 aromatic carbocycles. The number of hydrogen-bond donors (Lipinski definition) is 1. The van der Waals surface area contributed by atoms with Crippen molar-refractivity contribution < 1.29 is 4.74 Å². The van der Waals surface area contributed by atoms with E-state index in [9.17, 15) is 0 Å². The van der Waals surface area contributed by atoms with Crippen LogP contribution in [0.3, 0.4) is 0 Å². The van der Waals surface area contributed by atoms with Gasteiger partial charge in [0.15, 0.2) is 0 Å². The zero-order valence-corrected chi connectivity index (χ0v) is 9.57. The summed E-state index contributed by atoms with van der Waals surface area (Å²) in [5, 5.41) is 0. The van der Waals surface area contributed by atoms with Crippen LogP contribution in [0.15, 0.2) is 53.0 Å². The second kappa shape index (κ2) is 4.36. The molecule has 0 atom stereocenters. The van der Waals surface area contributed by atoms with E-state index in [1.807, 2.05) is 48.5 Å². The molecule has 2 N–H and O–H groups in total. The average molecular weight is 264 g/mol. The molecule has 76 valence electrons. The summed E-state index contributed by atoms with van der Waals surface area (Å²) in [5.41, 5.74) is 6.38. The van der Waals surface area contributed by atoms with Gasteiger partial charge in [0.05, 0.1) is 0 Å². The lowest BCUT2D eigenvalue weighted by Gasteiger charge is -2.06. The van der Waals surface area contributed by atoms with Crippen LogP contribution in [0, 0.1) is 0 Å². The van der Waals surface area contributed by atoms with Crippen molar-refractivity contribution in [1.29, 1.82) is 0 Å². The standard InChI is InChI=1S/C12H10BrNO/c13-11-8-10(6-7-12(11)14)15-9-4-2-1-3-5-9/h1-8H,14H2. The van der Waals surface area contributed by atoms with Crippen molar-refractivity contribution in [2.24, 2.45) is 0 Å². The first-order valence-electron chi connectivity index (χ1n) is 4.53. The van der Waals surface area contributed by atoms with Crippen LogP contribution in [0.25, 0.3) is 0 Å². The van der Waals surface area contributed by atoms with E-state index >= 15 is 0 Å². The van der Waals surface area contributed by atoms with Gasteiger partial charge in [0.25, 0.3) is 0 Å². The van der Waals surface area contributed by atoms with E-state index in [2.05, 4.69) is 15.9 Å². The first kappa shape index (κ1) is 10.1. The van der Waals surface area contributed by atoms with Gasteiger partial charge in [-0.25, -0.2) is 0 Å². The maximum Gasteiger partial charge on any atom is 0.128 e. The Morgan fingerprint density at radius 1 is 0.933 bits per heavy atom. The number of hydrogen-bond acceptors (Lipinski definition) is 2. The zero-order valence-electron chi connectivity index (χ0n) is 7.98. The van der Waals surface area contributed by atoms with E-state index in [0.717, 1.165) is 16.0 Å². The minimum atomic E-state index is 0.704. The molecule has 2 aromatic rings. The van der Waals surface area contributed by atoms with Crippen LogP contribution in [0.2, 0.25) is 0 Å². The first-order chi connectivity index (χ1) is 7.25. The van der Waals surface area contributed by atoms with Crippen LogP contribution in [0.5, 0.6) is 11.5 Å². The summed E-state index contributed by atoms with van der Waals surface area (Å²) in [6, 6.07) is 15.1. The monoisotopic (exact) mass is 263 g/mol. The molecule has 0 aliphatic heterocycles. The number of nitrogens with two attached hydrogens (primary N) is 1. The summed E-state index contributed by atoms with van der Waals surface area (Å²) >= 11 is 3.35. The Bertz CT molecular complexity index is 456. The van der Waals surface area contributed by atoms with Gasteiger partial charge in [-0.1, -0.05) is 18.2 Å². The van der Waals surface area contributed by atoms with Crippen LogP contribution in [0.1, 0.15) is 0 Å². The van der Waals surface area contributed by atoms with Crippen LogP contribution in [-0.4, -0.2) is 0 Å². The highest BCUT2D eigenvalue weighted by molar-refractivity contribution is 9.10. The summed E-state index contributed by atoms with van der Waals surface area (Å²) < 4.78 is 6.47. The van der Waals surface area contributed by atoms with Gasteiger partial charge in [0, 0.05) is 10.2 Å². The third-order valence-electron chi connectivity index (χ3n) is 1.95. The largest absolute Gasteiger partial charge is 0.457 e. The minimum Gasteiger partial charge on any atom is -0.457 e. The molecule has 0 heterocycles. The Balaban J connectivity index is 2.22. The van der Waals surface area contributed by atoms with Crippen molar-refractivity contribution in [2.75, 3.05) is 5.73 Å². The van der Waals surface area contributed by atoms with Gasteiger partial charge < -0.3 is 10.5 Å². The fraction of sp³-hybridized carbons (Fsp3) is 0. The molecule has 0 radical (unpaired) electrons. The number of benzene rings is 2. The van der Waals surface area contributed by atoms with Crippen LogP contribution >= 0.6 is 15.9 Å². The molecule has 3 heteroatoms. The van der Waals surface area contributed by atoms with Gasteiger partial charge in [-0.3, -0.25) is 0 Å². The molecular formula is C12H10BrNO. The van der Waals surface area contributed by atoms with E-state index in [4.69, 9.17) is 10.5 Å². The van der Waals surface area contributed by atoms with Crippen molar-refractivity contribution in [2.45, 2.75) is 0 Å². The number of ether oxygens (including phenoxy) is 1. The minimum absolute atomic E-state index is 0.704. The summed E-state index contributed by atoms with van der Waals surface area (Å²) in [4.78, 5) is 0. The fourth-order valence-electron chi connectivity index (χ4n) is 1.20. The lowest BCUT2D eigenvalue weighted by atomic mass is 10.3. The van der Waals surface area contributed by atoms with Gasteiger partial charge in [0.2, 0.25) is 0 Å². The molecule has 0 unspecified atom stereocenters. The van der Waals surface area contributed by atoms with Crippen LogP contribution in [0.4, 0.5) is 5.69 Å². The Hall–Kier alpha value is -1.48. The molecule has 0 saturated carbocycles. The molecule has 0 aliphatic rings. The molecule has 0 saturated heterocycles. The first-order valence-corrected chi connectivity index (χ1v) is 5.33. The topological polar surface area (TPSA) is 35.2 Å². The number of para-hydroxylation sites is 1. The number of anilines is 1. The number of nitrogen functional groups attached to an aromatic ring is 1. The van der Waals surface area contributed by atoms with Crippen molar-refractivity contribution in [1.82, 2.24) is 0 Å². The molecule has 0 aromatic heterocycles. The molecule has 15 heavy (non-hydrogen) atoms. The highest BCUT2D eigenvalue weighted by atomic mass is 79.9. The fourth-order valence-corrected chi connectivity index (χ4v) is 1.55. The molecule has 0 aliphatic carbocycles. The van der Waals surface area contributed by atoms with E-state index in [1.54, 1.807) is 0 Å². The summed E-state index contributed by atoms with van der Waals surface area (Å²) in [6.45, 7) is 0. The number of rotatable bonds is 2. The zero-order chi connectivity index (χ0) is 10.7. The third kappa shape index (κ3) is 2.50. The van der Waals surface area contributed by atoms with Gasteiger partial charge in [-0.2, -0.15) is 0 Å². The quantitative estimate of drug-likeness (QED) is 0.837. The van der Waals surface area contributed by atoms with Gasteiger partial charge >= 0.3 is 0 Å². The molecule has 0 fully saturated rings. The van der Waals surface area contributed by atoms with Gasteiger partial charge in [0.1, 0.15) is 11.5 Å². The Morgan fingerprint density at radius 3 is 2.33 bits per heavy atom. The Morgan fingerprint density at radius 2 is 1.67 bits per heavy atom. The van der Waals surface area contributed by atoms with Crippen molar-refractivity contribution >= 4 is 21.6 Å². The normalized spacial score (nSPS) is 9.93. The van der Waals surface area contributed by atoms with E-state index < -0.39 is 0 Å². The summed E-state index contributed by atoms with van der Waals surface area (Å²) in [5.74, 6) is 1.58. The Labute approximate surface area is 96.8 Å². The van der Waals surface area contributed by atoms with Crippen molar-refractivity contribution in [3.05, 3.63) is 53.0 Å². The molecule has 0 bridgehead atoms. The third-order valence-corrected chi connectivity index (χ3v) is 2.64. The lowest BCUT2D eigenvalue weighted by molar-refractivity contribution is 0.482. The Kier molecular flexibility index (Phi) is 2.92. The number of halogens is 1. The maximum atomic E-state index is 5.68. The van der Waals surface area contributed by atoms with Crippen LogP contribution in [-0.2, 0) is 0 Å². The van der Waals surface area contributed by atoms with Crippen molar-refractivity contribution in [3.63, 3.8) is 0 Å². The van der Waals surface area contributed by atoms with Crippen LogP contribution < -0.4 is 10.5 Å². The molecule has 2 rings (SSSR count). The molecule has 0 amide bonds. The lowest BCUT2D eigenvalue weighted by Crippen LogP contribution is -1.88. The molecule has 2 nitrogen and oxygen atoms in total. The average Bonchev–Trinajstić information content (AvgIpc) is 2.25. The predicted octanol–water partition coefficient (Wildman–Crippen LogP) is 3.82. The second-order valence-corrected chi connectivity index (χ2v) is 3.95. The highest BCUT2D eigenvalue weighted by Crippen LogP contribution is 2.27. The van der Waals surface area contributed by atoms with Crippen molar-refractivity contribution in [3.8, 4) is 11.5 Å². The summed E-state index contributed by atoms with van der Waals surface area (Å²) in [6.07, 6.45) is 0. The highest BCUT2D eigenvalue weighted by Gasteiger charge is 1.99. The van der Waals surface area contributed by atoms with E-state index in [-0.39, 0.29) is 0 Å². The molecule has 0 spiro atoms. The predicted molar refractivity (Wildman–Crippen MR) is 65.1 cm³/mol.